The van der Waals surface area contributed by atoms with Crippen LogP contribution in [0.1, 0.15) is 28.2 Å². The maximum Gasteiger partial charge on any atom is 0.241 e. The van der Waals surface area contributed by atoms with Crippen LogP contribution in [0, 0.1) is 18.3 Å². The Morgan fingerprint density at radius 3 is 2.57 bits per heavy atom. The van der Waals surface area contributed by atoms with Crippen LogP contribution in [0.3, 0.4) is 0 Å². The Kier molecular flexibility index (Phi) is 6.70. The van der Waals surface area contributed by atoms with Gasteiger partial charge in [0.15, 0.2) is 5.78 Å². The van der Waals surface area contributed by atoms with Crippen LogP contribution in [0.4, 0.5) is 0 Å². The van der Waals surface area contributed by atoms with Crippen LogP contribution < -0.4 is 0 Å². The summed E-state index contributed by atoms with van der Waals surface area (Å²) < 4.78 is 7.49. The van der Waals surface area contributed by atoms with Gasteiger partial charge in [-0.2, -0.15) is 10.2 Å². The molecule has 0 amide bonds. The number of hydrogen-bond acceptors (Lipinski definition) is 7. The van der Waals surface area contributed by atoms with Gasteiger partial charge in [0.2, 0.25) is 11.7 Å². The molecule has 8 heteroatoms. The van der Waals surface area contributed by atoms with Crippen molar-refractivity contribution >= 4 is 16.7 Å². The number of para-hydroxylation sites is 1. The highest BCUT2D eigenvalue weighted by molar-refractivity contribution is 6.09. The predicted molar refractivity (Wildman–Crippen MR) is 133 cm³/mol. The van der Waals surface area contributed by atoms with Gasteiger partial charge in [0, 0.05) is 61.0 Å². The summed E-state index contributed by atoms with van der Waals surface area (Å²) in [6.45, 7) is 6.90. The number of benzene rings is 2. The van der Waals surface area contributed by atoms with Crippen molar-refractivity contribution in [1.29, 1.82) is 5.26 Å². The first kappa shape index (κ1) is 23.0. The van der Waals surface area contributed by atoms with Crippen LogP contribution in [-0.2, 0) is 13.1 Å². The molecule has 1 saturated heterocycles. The maximum atomic E-state index is 13.2. The van der Waals surface area contributed by atoms with E-state index in [1.165, 1.54) is 5.56 Å². The average molecular weight is 469 g/mol. The van der Waals surface area contributed by atoms with Crippen molar-refractivity contribution in [1.82, 2.24) is 24.5 Å². The number of carbonyl (C=O) groups is 1. The van der Waals surface area contributed by atoms with Gasteiger partial charge in [-0.1, -0.05) is 53.2 Å². The Morgan fingerprint density at radius 1 is 1.06 bits per heavy atom. The van der Waals surface area contributed by atoms with Crippen LogP contribution in [-0.4, -0.2) is 63.0 Å². The van der Waals surface area contributed by atoms with Crippen LogP contribution in [0.2, 0.25) is 0 Å². The molecule has 0 saturated carbocycles. The summed E-state index contributed by atoms with van der Waals surface area (Å²) in [5, 5.41) is 14.0. The fraction of sp³-hybridized carbons (Fsp3) is 0.333. The van der Waals surface area contributed by atoms with Crippen molar-refractivity contribution in [3.63, 3.8) is 0 Å². The topological polar surface area (TPSA) is 91.2 Å². The molecule has 0 aliphatic carbocycles. The third-order valence-electron chi connectivity index (χ3n) is 6.52. The van der Waals surface area contributed by atoms with Crippen molar-refractivity contribution in [2.24, 2.45) is 0 Å². The maximum absolute atomic E-state index is 13.2. The van der Waals surface area contributed by atoms with E-state index in [0.717, 1.165) is 48.2 Å². The number of fused-ring (bicyclic) bond motifs is 1. The summed E-state index contributed by atoms with van der Waals surface area (Å²) in [7, 11) is 0. The molecule has 0 unspecified atom stereocenters. The summed E-state index contributed by atoms with van der Waals surface area (Å²) in [5.41, 5.74) is 3.87. The van der Waals surface area contributed by atoms with Crippen molar-refractivity contribution in [3.8, 4) is 17.5 Å². The number of piperazine rings is 1. The van der Waals surface area contributed by atoms with Crippen LogP contribution >= 0.6 is 0 Å². The molecule has 2 aromatic carbocycles. The first-order chi connectivity index (χ1) is 17.1. The minimum absolute atomic E-state index is 0.116. The molecular formula is C27H28N6O2. The number of aromatic nitrogens is 3. The molecule has 1 fully saturated rings. The zero-order valence-corrected chi connectivity index (χ0v) is 19.9. The van der Waals surface area contributed by atoms with Crippen LogP contribution in [0.15, 0.2) is 59.3 Å². The van der Waals surface area contributed by atoms with Gasteiger partial charge in [-0.25, -0.2) is 0 Å². The molecule has 3 heterocycles. The molecule has 178 valence electrons. The van der Waals surface area contributed by atoms with E-state index < -0.39 is 0 Å². The number of aryl methyl sites for hydroxylation is 2. The molecule has 0 N–H and O–H groups in total. The molecule has 1 aliphatic heterocycles. The summed E-state index contributed by atoms with van der Waals surface area (Å²) in [5.74, 6) is 1.33. The van der Waals surface area contributed by atoms with E-state index in [9.17, 15) is 4.79 Å². The van der Waals surface area contributed by atoms with E-state index >= 15 is 0 Å². The molecule has 2 aromatic heterocycles. The van der Waals surface area contributed by atoms with Crippen molar-refractivity contribution in [2.45, 2.75) is 26.4 Å². The van der Waals surface area contributed by atoms with Gasteiger partial charge in [-0.3, -0.25) is 14.6 Å². The van der Waals surface area contributed by atoms with Crippen molar-refractivity contribution < 1.29 is 9.32 Å². The van der Waals surface area contributed by atoms with Gasteiger partial charge < -0.3 is 9.09 Å². The van der Waals surface area contributed by atoms with Gasteiger partial charge in [0.25, 0.3) is 0 Å². The first-order valence-corrected chi connectivity index (χ1v) is 11.9. The van der Waals surface area contributed by atoms with Gasteiger partial charge in [0.1, 0.15) is 0 Å². The highest BCUT2D eigenvalue weighted by atomic mass is 16.5. The largest absolute Gasteiger partial charge is 0.346 e. The highest BCUT2D eigenvalue weighted by Gasteiger charge is 2.23. The summed E-state index contributed by atoms with van der Waals surface area (Å²) in [6.07, 6.45) is 2.32. The summed E-state index contributed by atoms with van der Waals surface area (Å²) in [6, 6.07) is 18.2. The van der Waals surface area contributed by atoms with E-state index in [0.29, 0.717) is 37.8 Å². The smallest absolute Gasteiger partial charge is 0.241 e. The number of hydrogen-bond donors (Lipinski definition) is 0. The zero-order valence-electron chi connectivity index (χ0n) is 19.9. The number of rotatable bonds is 8. The third-order valence-corrected chi connectivity index (χ3v) is 6.52. The molecule has 0 atom stereocenters. The average Bonchev–Trinajstić information content (AvgIpc) is 3.49. The lowest BCUT2D eigenvalue weighted by atomic mass is 10.1. The second-order valence-electron chi connectivity index (χ2n) is 9.01. The van der Waals surface area contributed by atoms with Crippen LogP contribution in [0.5, 0.6) is 0 Å². The quantitative estimate of drug-likeness (QED) is 0.362. The Balaban J connectivity index is 1.17. The summed E-state index contributed by atoms with van der Waals surface area (Å²) >= 11 is 0. The lowest BCUT2D eigenvalue weighted by Crippen LogP contribution is -2.47. The van der Waals surface area contributed by atoms with Gasteiger partial charge >= 0.3 is 0 Å². The number of Topliss-reactive ketones (excluding diaryl/α,β-unsaturated/α-hetero) is 1. The minimum atomic E-state index is 0.116. The Hall–Kier alpha value is -3.80. The molecule has 8 nitrogen and oxygen atoms in total. The fourth-order valence-electron chi connectivity index (χ4n) is 4.55. The molecule has 35 heavy (non-hydrogen) atoms. The standard InChI is InChI=1S/C27H28N6O2/c1-20-7-9-21(10-8-20)27-29-26(35-30-27)19-32-15-13-31(14-16-32)18-25(34)23-17-33(12-4-11-28)24-6-3-2-5-22(23)24/h2-3,5-10,17H,4,12-16,18-19H2,1H3. The van der Waals surface area contributed by atoms with Crippen LogP contribution in [0.25, 0.3) is 22.3 Å². The molecule has 1 aliphatic rings. The monoisotopic (exact) mass is 468 g/mol. The molecule has 5 rings (SSSR count). The zero-order chi connectivity index (χ0) is 24.2. The number of ketones is 1. The Bertz CT molecular complexity index is 1360. The Morgan fingerprint density at radius 2 is 1.80 bits per heavy atom. The van der Waals surface area contributed by atoms with E-state index in [1.807, 2.05) is 66.2 Å². The second-order valence-corrected chi connectivity index (χ2v) is 9.01. The molecule has 0 radical (unpaired) electrons. The lowest BCUT2D eigenvalue weighted by Gasteiger charge is -2.33. The molecule has 4 aromatic rings. The summed E-state index contributed by atoms with van der Waals surface area (Å²) in [4.78, 5) is 22.2. The number of nitrogens with zero attached hydrogens (tertiary/aromatic N) is 6. The minimum Gasteiger partial charge on any atom is -0.346 e. The highest BCUT2D eigenvalue weighted by Crippen LogP contribution is 2.23. The van der Waals surface area contributed by atoms with Gasteiger partial charge in [-0.15, -0.1) is 0 Å². The molecular weight excluding hydrogens is 440 g/mol. The van der Waals surface area contributed by atoms with Gasteiger partial charge in [0.05, 0.1) is 25.6 Å². The fourth-order valence-corrected chi connectivity index (χ4v) is 4.55. The number of nitriles is 1. The normalized spacial score (nSPS) is 14.9. The lowest BCUT2D eigenvalue weighted by molar-refractivity contribution is 0.0828. The Labute approximate surface area is 204 Å². The van der Waals surface area contributed by atoms with E-state index in [-0.39, 0.29) is 5.78 Å². The van der Waals surface area contributed by atoms with Crippen molar-refractivity contribution in [3.05, 3.63) is 71.7 Å². The molecule has 0 spiro atoms. The van der Waals surface area contributed by atoms with Gasteiger partial charge in [-0.05, 0) is 13.0 Å². The predicted octanol–water partition coefficient (Wildman–Crippen LogP) is 3.91. The first-order valence-electron chi connectivity index (χ1n) is 11.9. The molecule has 0 bridgehead atoms. The van der Waals surface area contributed by atoms with E-state index in [4.69, 9.17) is 9.78 Å². The van der Waals surface area contributed by atoms with E-state index in [1.54, 1.807) is 0 Å². The number of carbonyl (C=O) groups excluding carboxylic acids is 1. The van der Waals surface area contributed by atoms with Crippen molar-refractivity contribution in [2.75, 3.05) is 32.7 Å². The third kappa shape index (κ3) is 5.16. The SMILES string of the molecule is Cc1ccc(-c2noc(CN3CCN(CC(=O)c4cn(CCC#N)c5ccccc45)CC3)n2)cc1. The second kappa shape index (κ2) is 10.2. The van der Waals surface area contributed by atoms with E-state index in [2.05, 4.69) is 26.0 Å².